The normalized spacial score (nSPS) is 10.5. The lowest BCUT2D eigenvalue weighted by Crippen LogP contribution is -2.31. The molecule has 0 unspecified atom stereocenters. The van der Waals surface area contributed by atoms with E-state index in [2.05, 4.69) is 10.6 Å². The maximum Gasteiger partial charge on any atom is 0.253 e. The molecule has 0 aliphatic carbocycles. The van der Waals surface area contributed by atoms with Gasteiger partial charge in [0.15, 0.2) is 0 Å². The SMILES string of the molecule is CN(C)CCNC(=O)c1ccccc1Nc1ccc(F)cc1. The predicted molar refractivity (Wildman–Crippen MR) is 87.0 cm³/mol. The summed E-state index contributed by atoms with van der Waals surface area (Å²) in [5, 5.41) is 6.03. The third-order valence-corrected chi connectivity index (χ3v) is 3.14. The largest absolute Gasteiger partial charge is 0.355 e. The summed E-state index contributed by atoms with van der Waals surface area (Å²) < 4.78 is 12.9. The van der Waals surface area contributed by atoms with Gasteiger partial charge in [-0.15, -0.1) is 0 Å². The Kier molecular flexibility index (Phi) is 5.49. The van der Waals surface area contributed by atoms with Crippen LogP contribution in [0, 0.1) is 5.82 Å². The Bertz CT molecular complexity index is 626. The van der Waals surface area contributed by atoms with Crippen molar-refractivity contribution in [2.45, 2.75) is 0 Å². The topological polar surface area (TPSA) is 44.4 Å². The van der Waals surface area contributed by atoms with Gasteiger partial charge in [0, 0.05) is 18.8 Å². The summed E-state index contributed by atoms with van der Waals surface area (Å²) in [7, 11) is 3.91. The van der Waals surface area contributed by atoms with E-state index >= 15 is 0 Å². The number of likely N-dealkylation sites (N-methyl/N-ethyl adjacent to an activating group) is 1. The molecule has 0 aliphatic rings. The van der Waals surface area contributed by atoms with Crippen LogP contribution in [0.4, 0.5) is 15.8 Å². The number of para-hydroxylation sites is 1. The van der Waals surface area contributed by atoms with Crippen LogP contribution in [-0.2, 0) is 0 Å². The number of anilines is 2. The fourth-order valence-corrected chi connectivity index (χ4v) is 1.97. The number of amides is 1. The average Bonchev–Trinajstić information content (AvgIpc) is 2.49. The highest BCUT2D eigenvalue weighted by atomic mass is 19.1. The van der Waals surface area contributed by atoms with Crippen LogP contribution in [0.1, 0.15) is 10.4 Å². The van der Waals surface area contributed by atoms with E-state index in [9.17, 15) is 9.18 Å². The summed E-state index contributed by atoms with van der Waals surface area (Å²) in [4.78, 5) is 14.3. The van der Waals surface area contributed by atoms with Crippen LogP contribution in [-0.4, -0.2) is 38.0 Å². The lowest BCUT2D eigenvalue weighted by molar-refractivity contribution is 0.0952. The second kappa shape index (κ2) is 7.56. The van der Waals surface area contributed by atoms with E-state index in [1.807, 2.05) is 37.2 Å². The lowest BCUT2D eigenvalue weighted by Gasteiger charge is -2.14. The summed E-state index contributed by atoms with van der Waals surface area (Å²) in [6.07, 6.45) is 0. The first-order valence-corrected chi connectivity index (χ1v) is 7.11. The van der Waals surface area contributed by atoms with Gasteiger partial charge in [-0.05, 0) is 50.5 Å². The predicted octanol–water partition coefficient (Wildman–Crippen LogP) is 2.86. The first-order valence-electron chi connectivity index (χ1n) is 7.11. The number of nitrogens with zero attached hydrogens (tertiary/aromatic N) is 1. The summed E-state index contributed by atoms with van der Waals surface area (Å²) in [5.74, 6) is -0.424. The van der Waals surface area contributed by atoms with Crippen LogP contribution in [0.3, 0.4) is 0 Å². The molecule has 0 atom stereocenters. The van der Waals surface area contributed by atoms with Gasteiger partial charge in [0.2, 0.25) is 0 Å². The number of carbonyl (C=O) groups excluding carboxylic acids is 1. The smallest absolute Gasteiger partial charge is 0.253 e. The van der Waals surface area contributed by atoms with Crippen LogP contribution in [0.2, 0.25) is 0 Å². The fraction of sp³-hybridized carbons (Fsp3) is 0.235. The van der Waals surface area contributed by atoms with Crippen molar-refractivity contribution in [1.82, 2.24) is 10.2 Å². The third kappa shape index (κ3) is 4.56. The standard InChI is InChI=1S/C17H20FN3O/c1-21(2)12-11-19-17(22)15-5-3-4-6-16(15)20-14-9-7-13(18)8-10-14/h3-10,20H,11-12H2,1-2H3,(H,19,22). The molecule has 2 N–H and O–H groups in total. The molecular formula is C17H20FN3O. The van der Waals surface area contributed by atoms with Gasteiger partial charge in [-0.25, -0.2) is 4.39 Å². The summed E-state index contributed by atoms with van der Waals surface area (Å²) in [6.45, 7) is 1.36. The zero-order chi connectivity index (χ0) is 15.9. The second-order valence-corrected chi connectivity index (χ2v) is 5.24. The molecule has 4 nitrogen and oxygen atoms in total. The molecule has 2 aromatic carbocycles. The van der Waals surface area contributed by atoms with Crippen molar-refractivity contribution < 1.29 is 9.18 Å². The minimum Gasteiger partial charge on any atom is -0.355 e. The molecule has 2 aromatic rings. The van der Waals surface area contributed by atoms with E-state index in [0.717, 1.165) is 12.2 Å². The van der Waals surface area contributed by atoms with E-state index in [1.54, 1.807) is 18.2 Å². The molecule has 0 radical (unpaired) electrons. The quantitative estimate of drug-likeness (QED) is 0.862. The van der Waals surface area contributed by atoms with E-state index < -0.39 is 0 Å². The molecule has 0 saturated carbocycles. The average molecular weight is 301 g/mol. The Balaban J connectivity index is 2.09. The van der Waals surface area contributed by atoms with E-state index in [1.165, 1.54) is 12.1 Å². The number of benzene rings is 2. The van der Waals surface area contributed by atoms with E-state index in [-0.39, 0.29) is 11.7 Å². The van der Waals surface area contributed by atoms with Crippen molar-refractivity contribution >= 4 is 17.3 Å². The van der Waals surface area contributed by atoms with Crippen LogP contribution in [0.25, 0.3) is 0 Å². The highest BCUT2D eigenvalue weighted by Crippen LogP contribution is 2.21. The molecule has 22 heavy (non-hydrogen) atoms. The van der Waals surface area contributed by atoms with Crippen LogP contribution < -0.4 is 10.6 Å². The van der Waals surface area contributed by atoms with Crippen molar-refractivity contribution in [3.05, 3.63) is 59.9 Å². The van der Waals surface area contributed by atoms with Gasteiger partial charge in [0.1, 0.15) is 5.82 Å². The Labute approximate surface area is 129 Å². The lowest BCUT2D eigenvalue weighted by atomic mass is 10.1. The molecule has 0 bridgehead atoms. The first-order chi connectivity index (χ1) is 10.6. The molecule has 0 aliphatic heterocycles. The number of rotatable bonds is 6. The molecule has 5 heteroatoms. The number of hydrogen-bond acceptors (Lipinski definition) is 3. The number of nitrogens with one attached hydrogen (secondary N) is 2. The van der Waals surface area contributed by atoms with Crippen molar-refractivity contribution in [3.8, 4) is 0 Å². The van der Waals surface area contributed by atoms with Gasteiger partial charge in [-0.2, -0.15) is 0 Å². The molecule has 0 fully saturated rings. The van der Waals surface area contributed by atoms with Gasteiger partial charge in [0.25, 0.3) is 5.91 Å². The van der Waals surface area contributed by atoms with Crippen LogP contribution in [0.5, 0.6) is 0 Å². The van der Waals surface area contributed by atoms with Gasteiger partial charge >= 0.3 is 0 Å². The Morgan fingerprint density at radius 1 is 1.09 bits per heavy atom. The molecule has 0 spiro atoms. The maximum atomic E-state index is 12.9. The first kappa shape index (κ1) is 16.0. The molecule has 0 heterocycles. The molecule has 0 aromatic heterocycles. The number of halogens is 1. The summed E-state index contributed by atoms with van der Waals surface area (Å²) >= 11 is 0. The van der Waals surface area contributed by atoms with E-state index in [4.69, 9.17) is 0 Å². The van der Waals surface area contributed by atoms with Gasteiger partial charge in [0.05, 0.1) is 11.3 Å². The zero-order valence-electron chi connectivity index (χ0n) is 12.8. The Hall–Kier alpha value is -2.40. The molecular weight excluding hydrogens is 281 g/mol. The Morgan fingerprint density at radius 3 is 2.45 bits per heavy atom. The second-order valence-electron chi connectivity index (χ2n) is 5.24. The number of carbonyl (C=O) groups is 1. The summed E-state index contributed by atoms with van der Waals surface area (Å²) in [6, 6.07) is 13.3. The molecule has 116 valence electrons. The third-order valence-electron chi connectivity index (χ3n) is 3.14. The highest BCUT2D eigenvalue weighted by Gasteiger charge is 2.10. The van der Waals surface area contributed by atoms with E-state index in [0.29, 0.717) is 17.8 Å². The monoisotopic (exact) mass is 301 g/mol. The van der Waals surface area contributed by atoms with Crippen molar-refractivity contribution in [1.29, 1.82) is 0 Å². The number of hydrogen-bond donors (Lipinski definition) is 2. The minimum absolute atomic E-state index is 0.132. The maximum absolute atomic E-state index is 12.9. The van der Waals surface area contributed by atoms with Gasteiger partial charge < -0.3 is 15.5 Å². The van der Waals surface area contributed by atoms with Gasteiger partial charge in [-0.3, -0.25) is 4.79 Å². The summed E-state index contributed by atoms with van der Waals surface area (Å²) in [5.41, 5.74) is 1.98. The van der Waals surface area contributed by atoms with Crippen molar-refractivity contribution in [2.75, 3.05) is 32.5 Å². The van der Waals surface area contributed by atoms with Crippen molar-refractivity contribution in [2.24, 2.45) is 0 Å². The highest BCUT2D eigenvalue weighted by molar-refractivity contribution is 6.00. The Morgan fingerprint density at radius 2 is 1.77 bits per heavy atom. The van der Waals surface area contributed by atoms with Crippen LogP contribution in [0.15, 0.2) is 48.5 Å². The van der Waals surface area contributed by atoms with Gasteiger partial charge in [-0.1, -0.05) is 12.1 Å². The minimum atomic E-state index is -0.291. The molecule has 1 amide bonds. The molecule has 2 rings (SSSR count). The van der Waals surface area contributed by atoms with Crippen LogP contribution >= 0.6 is 0 Å². The molecule has 0 saturated heterocycles. The fourth-order valence-electron chi connectivity index (χ4n) is 1.97. The zero-order valence-corrected chi connectivity index (χ0v) is 12.8. The van der Waals surface area contributed by atoms with Crippen molar-refractivity contribution in [3.63, 3.8) is 0 Å².